The Morgan fingerprint density at radius 1 is 1.17 bits per heavy atom. The predicted octanol–water partition coefficient (Wildman–Crippen LogP) is 3.07. The third kappa shape index (κ3) is 3.42. The van der Waals surface area contributed by atoms with Gasteiger partial charge in [-0.3, -0.25) is 9.59 Å². The van der Waals surface area contributed by atoms with E-state index in [0.717, 1.165) is 5.56 Å². The van der Waals surface area contributed by atoms with Gasteiger partial charge in [-0.15, -0.1) is 0 Å². The number of carbonyl (C=O) groups excluding carboxylic acids is 2. The molecule has 0 aromatic heterocycles. The summed E-state index contributed by atoms with van der Waals surface area (Å²) in [5.74, 6) is -1.00. The van der Waals surface area contributed by atoms with Crippen LogP contribution in [-0.2, 0) is 9.53 Å². The Morgan fingerprint density at radius 2 is 1.93 bits per heavy atom. The molecule has 2 aromatic carbocycles. The molecule has 2 aromatic rings. The Kier molecular flexibility index (Phi) is 5.13. The maximum atomic E-state index is 13.6. The van der Waals surface area contributed by atoms with E-state index in [1.54, 1.807) is 11.0 Å². The van der Waals surface area contributed by atoms with Crippen LogP contribution in [0, 0.1) is 5.82 Å². The van der Waals surface area contributed by atoms with E-state index < -0.39 is 11.4 Å². The minimum absolute atomic E-state index is 0.0333. The fourth-order valence-electron chi connectivity index (χ4n) is 4.39. The van der Waals surface area contributed by atoms with Crippen LogP contribution in [0.1, 0.15) is 35.7 Å². The molecule has 0 aliphatic carbocycles. The molecule has 0 bridgehead atoms. The fraction of sp³-hybridized carbons (Fsp3) is 0.391. The number of amides is 2. The Morgan fingerprint density at radius 3 is 2.62 bits per heavy atom. The van der Waals surface area contributed by atoms with Crippen molar-refractivity contribution < 1.29 is 18.7 Å². The largest absolute Gasteiger partial charge is 0.361 e. The number of likely N-dealkylation sites (tertiary alicyclic amines) is 1. The van der Waals surface area contributed by atoms with Gasteiger partial charge in [-0.25, -0.2) is 4.39 Å². The maximum absolute atomic E-state index is 13.6. The van der Waals surface area contributed by atoms with Crippen LogP contribution in [0.5, 0.6) is 0 Å². The monoisotopic (exact) mass is 396 g/mol. The highest BCUT2D eigenvalue weighted by Gasteiger charge is 2.58. The summed E-state index contributed by atoms with van der Waals surface area (Å²) in [6.45, 7) is 5.30. The van der Waals surface area contributed by atoms with Crippen molar-refractivity contribution >= 4 is 11.8 Å². The lowest BCUT2D eigenvalue weighted by molar-refractivity contribution is -0.160. The number of morpholine rings is 1. The van der Waals surface area contributed by atoms with Crippen LogP contribution in [0.15, 0.2) is 54.6 Å². The smallest absolute Gasteiger partial charge is 0.257 e. The number of benzene rings is 2. The number of halogens is 1. The van der Waals surface area contributed by atoms with Crippen LogP contribution in [0.25, 0.3) is 0 Å². The summed E-state index contributed by atoms with van der Waals surface area (Å²) in [5, 5.41) is 0. The van der Waals surface area contributed by atoms with Crippen LogP contribution >= 0.6 is 0 Å². The average Bonchev–Trinajstić information content (AvgIpc) is 3.00. The molecule has 152 valence electrons. The topological polar surface area (TPSA) is 49.9 Å². The second kappa shape index (κ2) is 7.59. The van der Waals surface area contributed by atoms with E-state index in [1.165, 1.54) is 18.2 Å². The lowest BCUT2D eigenvalue weighted by Crippen LogP contribution is -2.59. The molecule has 2 aliphatic heterocycles. The van der Waals surface area contributed by atoms with E-state index >= 15 is 0 Å². The summed E-state index contributed by atoms with van der Waals surface area (Å²) in [6, 6.07) is 15.5. The molecule has 2 fully saturated rings. The second-order valence-electron chi connectivity index (χ2n) is 7.99. The molecule has 2 saturated heterocycles. The Labute approximate surface area is 170 Å². The van der Waals surface area contributed by atoms with Gasteiger partial charge < -0.3 is 14.5 Å². The van der Waals surface area contributed by atoms with Gasteiger partial charge in [-0.1, -0.05) is 36.4 Å². The van der Waals surface area contributed by atoms with Gasteiger partial charge in [0.2, 0.25) is 0 Å². The molecule has 6 heteroatoms. The van der Waals surface area contributed by atoms with E-state index in [4.69, 9.17) is 4.74 Å². The third-order valence-corrected chi connectivity index (χ3v) is 5.90. The van der Waals surface area contributed by atoms with Crippen molar-refractivity contribution in [3.63, 3.8) is 0 Å². The number of ether oxygens (including phenoxy) is 1. The van der Waals surface area contributed by atoms with Crippen molar-refractivity contribution in [3.8, 4) is 0 Å². The van der Waals surface area contributed by atoms with E-state index in [9.17, 15) is 14.0 Å². The molecule has 2 amide bonds. The molecule has 2 aliphatic rings. The SMILES string of the molecule is CC(C)N1C[C@H](c2ccccc2)[C@]2(CN(C(=O)c3cccc(F)c3)CCO2)C1=O. The first-order valence-corrected chi connectivity index (χ1v) is 9.97. The zero-order valence-electron chi connectivity index (χ0n) is 16.7. The number of rotatable bonds is 3. The average molecular weight is 396 g/mol. The van der Waals surface area contributed by atoms with Crippen molar-refractivity contribution in [1.29, 1.82) is 0 Å². The minimum atomic E-state index is -1.12. The van der Waals surface area contributed by atoms with Crippen molar-refractivity contribution in [2.24, 2.45) is 0 Å². The standard InChI is InChI=1S/C23H25FN2O3/c1-16(2)26-14-20(17-7-4-3-5-8-17)23(22(26)28)15-25(11-12-29-23)21(27)18-9-6-10-19(24)13-18/h3-10,13,16,20H,11-12,14-15H2,1-2H3/t20-,23-/m1/s1. The molecule has 5 nitrogen and oxygen atoms in total. The number of nitrogens with zero attached hydrogens (tertiary/aromatic N) is 2. The summed E-state index contributed by atoms with van der Waals surface area (Å²) >= 11 is 0. The molecule has 2 heterocycles. The van der Waals surface area contributed by atoms with Crippen LogP contribution < -0.4 is 0 Å². The Balaban J connectivity index is 1.69. The van der Waals surface area contributed by atoms with Crippen LogP contribution in [0.4, 0.5) is 4.39 Å². The van der Waals surface area contributed by atoms with E-state index in [2.05, 4.69) is 0 Å². The molecule has 0 unspecified atom stereocenters. The fourth-order valence-corrected chi connectivity index (χ4v) is 4.39. The Hall–Kier alpha value is -2.73. The third-order valence-electron chi connectivity index (χ3n) is 5.90. The first kappa shape index (κ1) is 19.6. The van der Waals surface area contributed by atoms with Crippen LogP contribution in [-0.4, -0.2) is 59.5 Å². The van der Waals surface area contributed by atoms with Gasteiger partial charge in [0.15, 0.2) is 5.60 Å². The Bertz CT molecular complexity index is 917. The van der Waals surface area contributed by atoms with Crippen molar-refractivity contribution in [1.82, 2.24) is 9.80 Å². The lowest BCUT2D eigenvalue weighted by Gasteiger charge is -2.42. The van der Waals surface area contributed by atoms with E-state index in [-0.39, 0.29) is 42.5 Å². The van der Waals surface area contributed by atoms with Crippen molar-refractivity contribution in [2.75, 3.05) is 26.2 Å². The first-order valence-electron chi connectivity index (χ1n) is 9.97. The summed E-state index contributed by atoms with van der Waals surface area (Å²) in [6.07, 6.45) is 0. The van der Waals surface area contributed by atoms with Crippen molar-refractivity contribution in [3.05, 3.63) is 71.5 Å². The quantitative estimate of drug-likeness (QED) is 0.801. The second-order valence-corrected chi connectivity index (χ2v) is 7.99. The van der Waals surface area contributed by atoms with Crippen LogP contribution in [0.3, 0.4) is 0 Å². The van der Waals surface area contributed by atoms with Gasteiger partial charge >= 0.3 is 0 Å². The van der Waals surface area contributed by atoms with E-state index in [1.807, 2.05) is 49.1 Å². The zero-order chi connectivity index (χ0) is 20.6. The summed E-state index contributed by atoms with van der Waals surface area (Å²) in [7, 11) is 0. The molecule has 4 rings (SSSR count). The lowest BCUT2D eigenvalue weighted by atomic mass is 9.83. The summed E-state index contributed by atoms with van der Waals surface area (Å²) in [4.78, 5) is 30.0. The van der Waals surface area contributed by atoms with Crippen LogP contribution in [0.2, 0.25) is 0 Å². The maximum Gasteiger partial charge on any atom is 0.257 e. The molecule has 29 heavy (non-hydrogen) atoms. The minimum Gasteiger partial charge on any atom is -0.361 e. The normalized spacial score (nSPS) is 24.6. The number of carbonyl (C=O) groups is 2. The van der Waals surface area contributed by atoms with Crippen molar-refractivity contribution in [2.45, 2.75) is 31.4 Å². The number of hydrogen-bond acceptors (Lipinski definition) is 3. The van der Waals surface area contributed by atoms with Gasteiger partial charge in [0, 0.05) is 30.6 Å². The summed E-state index contributed by atoms with van der Waals surface area (Å²) in [5.41, 5.74) is 0.181. The van der Waals surface area contributed by atoms with Gasteiger partial charge in [0.1, 0.15) is 5.82 Å². The molecular weight excluding hydrogens is 371 g/mol. The molecule has 0 radical (unpaired) electrons. The zero-order valence-corrected chi connectivity index (χ0v) is 16.7. The van der Waals surface area contributed by atoms with E-state index in [0.29, 0.717) is 13.1 Å². The van der Waals surface area contributed by atoms with Gasteiger partial charge in [0.05, 0.1) is 13.2 Å². The highest BCUT2D eigenvalue weighted by atomic mass is 19.1. The summed E-state index contributed by atoms with van der Waals surface area (Å²) < 4.78 is 19.8. The molecule has 2 atom stereocenters. The highest BCUT2D eigenvalue weighted by Crippen LogP contribution is 2.43. The highest BCUT2D eigenvalue weighted by molar-refractivity contribution is 5.96. The first-order chi connectivity index (χ1) is 13.9. The molecule has 1 spiro atoms. The molecule has 0 saturated carbocycles. The van der Waals surface area contributed by atoms with Gasteiger partial charge in [-0.2, -0.15) is 0 Å². The molecule has 0 N–H and O–H groups in total. The predicted molar refractivity (Wildman–Crippen MR) is 107 cm³/mol. The number of hydrogen-bond donors (Lipinski definition) is 0. The van der Waals surface area contributed by atoms with Gasteiger partial charge in [-0.05, 0) is 37.6 Å². The van der Waals surface area contributed by atoms with Gasteiger partial charge in [0.25, 0.3) is 11.8 Å². The molecular formula is C23H25FN2O3.